The van der Waals surface area contributed by atoms with Crippen LogP contribution in [0.2, 0.25) is 0 Å². The summed E-state index contributed by atoms with van der Waals surface area (Å²) in [5.74, 6) is 0. The molecule has 13 heavy (non-hydrogen) atoms. The maximum absolute atomic E-state index is 5.94. The SMILES string of the molecule is CC[C@H](N)CN(C)C1CCCCC1. The first kappa shape index (κ1) is 11.0. The third kappa shape index (κ3) is 3.65. The van der Waals surface area contributed by atoms with Gasteiger partial charge in [0.15, 0.2) is 0 Å². The second-order valence-electron chi connectivity index (χ2n) is 4.40. The Labute approximate surface area is 82.5 Å². The van der Waals surface area contributed by atoms with E-state index in [1.54, 1.807) is 0 Å². The summed E-state index contributed by atoms with van der Waals surface area (Å²) >= 11 is 0. The van der Waals surface area contributed by atoms with Crippen molar-refractivity contribution in [3.8, 4) is 0 Å². The maximum atomic E-state index is 5.94. The summed E-state index contributed by atoms with van der Waals surface area (Å²) in [4.78, 5) is 2.47. The van der Waals surface area contributed by atoms with E-state index >= 15 is 0 Å². The van der Waals surface area contributed by atoms with Crippen LogP contribution in [0.15, 0.2) is 0 Å². The molecular weight excluding hydrogens is 160 g/mol. The highest BCUT2D eigenvalue weighted by Gasteiger charge is 2.18. The molecule has 2 heteroatoms. The van der Waals surface area contributed by atoms with Gasteiger partial charge in [-0.1, -0.05) is 26.2 Å². The van der Waals surface area contributed by atoms with Gasteiger partial charge in [0, 0.05) is 18.6 Å². The van der Waals surface area contributed by atoms with Crippen molar-refractivity contribution >= 4 is 0 Å². The molecule has 0 aromatic heterocycles. The molecule has 0 saturated heterocycles. The lowest BCUT2D eigenvalue weighted by Crippen LogP contribution is -2.41. The van der Waals surface area contributed by atoms with E-state index < -0.39 is 0 Å². The zero-order valence-corrected chi connectivity index (χ0v) is 9.13. The molecule has 0 unspecified atom stereocenters. The number of rotatable bonds is 4. The largest absolute Gasteiger partial charge is 0.327 e. The molecular formula is C11H24N2. The number of hydrogen-bond acceptors (Lipinski definition) is 2. The van der Waals surface area contributed by atoms with Gasteiger partial charge in [0.1, 0.15) is 0 Å². The first-order valence-electron chi connectivity index (χ1n) is 5.70. The fourth-order valence-corrected chi connectivity index (χ4v) is 2.17. The molecule has 1 aliphatic carbocycles. The highest BCUT2D eigenvalue weighted by molar-refractivity contribution is 4.76. The van der Waals surface area contributed by atoms with Gasteiger partial charge < -0.3 is 10.6 Å². The Balaban J connectivity index is 2.24. The predicted octanol–water partition coefficient (Wildman–Crippen LogP) is 1.99. The van der Waals surface area contributed by atoms with Crippen LogP contribution in [0.25, 0.3) is 0 Å². The molecule has 2 N–H and O–H groups in total. The Hall–Kier alpha value is -0.0800. The topological polar surface area (TPSA) is 29.3 Å². The minimum atomic E-state index is 0.368. The van der Waals surface area contributed by atoms with Crippen LogP contribution in [-0.2, 0) is 0 Å². The monoisotopic (exact) mass is 184 g/mol. The van der Waals surface area contributed by atoms with Crippen LogP contribution in [0.5, 0.6) is 0 Å². The number of likely N-dealkylation sites (N-methyl/N-ethyl adjacent to an activating group) is 1. The Morgan fingerprint density at radius 1 is 1.31 bits per heavy atom. The van der Waals surface area contributed by atoms with Gasteiger partial charge in [0.25, 0.3) is 0 Å². The summed E-state index contributed by atoms with van der Waals surface area (Å²) in [6.07, 6.45) is 8.12. The molecule has 0 spiro atoms. The summed E-state index contributed by atoms with van der Waals surface area (Å²) in [6, 6.07) is 1.18. The van der Waals surface area contributed by atoms with Gasteiger partial charge in [0.2, 0.25) is 0 Å². The van der Waals surface area contributed by atoms with Crippen LogP contribution >= 0.6 is 0 Å². The van der Waals surface area contributed by atoms with Crippen LogP contribution < -0.4 is 5.73 Å². The lowest BCUT2D eigenvalue weighted by molar-refractivity contribution is 0.181. The van der Waals surface area contributed by atoms with Crippen molar-refractivity contribution in [1.29, 1.82) is 0 Å². The summed E-state index contributed by atoms with van der Waals surface area (Å²) < 4.78 is 0. The number of nitrogens with two attached hydrogens (primary N) is 1. The fraction of sp³-hybridized carbons (Fsp3) is 1.00. The van der Waals surface area contributed by atoms with Gasteiger partial charge >= 0.3 is 0 Å². The zero-order chi connectivity index (χ0) is 9.68. The first-order chi connectivity index (χ1) is 6.24. The molecule has 0 aromatic carbocycles. The third-order valence-electron chi connectivity index (χ3n) is 3.24. The van der Waals surface area contributed by atoms with E-state index in [-0.39, 0.29) is 0 Å². The standard InChI is InChI=1S/C11H24N2/c1-3-10(12)9-13(2)11-7-5-4-6-8-11/h10-11H,3-9,12H2,1-2H3/t10-/m0/s1. The van der Waals surface area contributed by atoms with E-state index in [2.05, 4.69) is 18.9 Å². The molecule has 1 saturated carbocycles. The lowest BCUT2D eigenvalue weighted by atomic mass is 9.94. The van der Waals surface area contributed by atoms with E-state index in [1.165, 1.54) is 32.1 Å². The molecule has 0 aliphatic heterocycles. The third-order valence-corrected chi connectivity index (χ3v) is 3.24. The Morgan fingerprint density at radius 3 is 2.46 bits per heavy atom. The zero-order valence-electron chi connectivity index (χ0n) is 9.13. The van der Waals surface area contributed by atoms with Gasteiger partial charge in [0.05, 0.1) is 0 Å². The van der Waals surface area contributed by atoms with Crippen LogP contribution in [0.1, 0.15) is 45.4 Å². The lowest BCUT2D eigenvalue weighted by Gasteiger charge is -2.32. The van der Waals surface area contributed by atoms with Crippen molar-refractivity contribution in [2.24, 2.45) is 5.73 Å². The Morgan fingerprint density at radius 2 is 1.92 bits per heavy atom. The number of hydrogen-bond donors (Lipinski definition) is 1. The molecule has 0 amide bonds. The number of nitrogens with zero attached hydrogens (tertiary/aromatic N) is 1. The van der Waals surface area contributed by atoms with E-state index in [0.29, 0.717) is 6.04 Å². The molecule has 0 heterocycles. The minimum Gasteiger partial charge on any atom is -0.327 e. The second-order valence-corrected chi connectivity index (χ2v) is 4.40. The molecule has 1 atom stereocenters. The quantitative estimate of drug-likeness (QED) is 0.724. The molecule has 78 valence electrons. The van der Waals surface area contributed by atoms with Crippen LogP contribution in [0, 0.1) is 0 Å². The minimum absolute atomic E-state index is 0.368. The van der Waals surface area contributed by atoms with E-state index in [1.807, 2.05) is 0 Å². The highest BCUT2D eigenvalue weighted by Crippen LogP contribution is 2.21. The summed E-state index contributed by atoms with van der Waals surface area (Å²) in [6.45, 7) is 3.24. The molecule has 1 rings (SSSR count). The fourth-order valence-electron chi connectivity index (χ4n) is 2.17. The van der Waals surface area contributed by atoms with Crippen molar-refractivity contribution < 1.29 is 0 Å². The van der Waals surface area contributed by atoms with Crippen molar-refractivity contribution in [1.82, 2.24) is 4.90 Å². The van der Waals surface area contributed by atoms with Crippen molar-refractivity contribution in [2.75, 3.05) is 13.6 Å². The van der Waals surface area contributed by atoms with Crippen molar-refractivity contribution in [3.05, 3.63) is 0 Å². The molecule has 2 nitrogen and oxygen atoms in total. The molecule has 0 bridgehead atoms. The smallest absolute Gasteiger partial charge is 0.0165 e. The predicted molar refractivity (Wildman–Crippen MR) is 57.8 cm³/mol. The van der Waals surface area contributed by atoms with Gasteiger partial charge in [-0.3, -0.25) is 0 Å². The Bertz CT molecular complexity index is 130. The van der Waals surface area contributed by atoms with Gasteiger partial charge in [-0.15, -0.1) is 0 Å². The van der Waals surface area contributed by atoms with Crippen LogP contribution in [0.3, 0.4) is 0 Å². The van der Waals surface area contributed by atoms with E-state index in [4.69, 9.17) is 5.73 Å². The molecule has 1 aliphatic rings. The molecule has 0 radical (unpaired) electrons. The second kappa shape index (κ2) is 5.61. The maximum Gasteiger partial charge on any atom is 0.0165 e. The average Bonchev–Trinajstić information content (AvgIpc) is 2.19. The molecule has 0 aromatic rings. The highest BCUT2D eigenvalue weighted by atomic mass is 15.1. The average molecular weight is 184 g/mol. The van der Waals surface area contributed by atoms with Crippen LogP contribution in [-0.4, -0.2) is 30.6 Å². The van der Waals surface area contributed by atoms with Gasteiger partial charge in [-0.2, -0.15) is 0 Å². The van der Waals surface area contributed by atoms with Crippen LogP contribution in [0.4, 0.5) is 0 Å². The van der Waals surface area contributed by atoms with Gasteiger partial charge in [-0.05, 0) is 26.3 Å². The van der Waals surface area contributed by atoms with E-state index in [0.717, 1.165) is 19.0 Å². The van der Waals surface area contributed by atoms with Crippen molar-refractivity contribution in [2.45, 2.75) is 57.5 Å². The van der Waals surface area contributed by atoms with Crippen molar-refractivity contribution in [3.63, 3.8) is 0 Å². The Kier molecular flexibility index (Phi) is 4.74. The summed E-state index contributed by atoms with van der Waals surface area (Å²) in [7, 11) is 2.23. The molecule has 1 fully saturated rings. The van der Waals surface area contributed by atoms with E-state index in [9.17, 15) is 0 Å². The summed E-state index contributed by atoms with van der Waals surface area (Å²) in [5, 5.41) is 0. The normalized spacial score (nSPS) is 22.2. The summed E-state index contributed by atoms with van der Waals surface area (Å²) in [5.41, 5.74) is 5.94. The first-order valence-corrected chi connectivity index (χ1v) is 5.70. The van der Waals surface area contributed by atoms with Gasteiger partial charge in [-0.25, -0.2) is 0 Å².